The molecule has 104 valence electrons. The van der Waals surface area contributed by atoms with Crippen LogP contribution < -0.4 is 11.1 Å². The van der Waals surface area contributed by atoms with Gasteiger partial charge in [-0.05, 0) is 25.3 Å². The largest absolute Gasteiger partial charge is 0.373 e. The lowest BCUT2D eigenvalue weighted by molar-refractivity contribution is -0.134. The third-order valence-corrected chi connectivity index (χ3v) is 3.51. The first-order valence-corrected chi connectivity index (χ1v) is 6.88. The summed E-state index contributed by atoms with van der Waals surface area (Å²) in [7, 11) is 0. The number of amides is 1. The van der Waals surface area contributed by atoms with Crippen molar-refractivity contribution in [1.29, 1.82) is 0 Å². The minimum atomic E-state index is -0.132. The van der Waals surface area contributed by atoms with E-state index in [1.165, 1.54) is 5.56 Å². The molecule has 19 heavy (non-hydrogen) atoms. The van der Waals surface area contributed by atoms with Crippen LogP contribution >= 0.6 is 0 Å². The summed E-state index contributed by atoms with van der Waals surface area (Å²) >= 11 is 0. The second kappa shape index (κ2) is 6.68. The van der Waals surface area contributed by atoms with Crippen LogP contribution in [0, 0.1) is 12.8 Å². The molecular weight excluding hydrogens is 240 g/mol. The molecule has 2 atom stereocenters. The van der Waals surface area contributed by atoms with E-state index in [1.807, 2.05) is 0 Å². The Balaban J connectivity index is 2.11. The molecule has 1 aliphatic rings. The highest BCUT2D eigenvalue weighted by Crippen LogP contribution is 2.33. The third-order valence-electron chi connectivity index (χ3n) is 3.51. The molecule has 1 aromatic rings. The molecule has 4 heteroatoms. The number of nitrogens with two attached hydrogens (primary N) is 1. The Labute approximate surface area is 114 Å². The van der Waals surface area contributed by atoms with Gasteiger partial charge in [-0.2, -0.15) is 0 Å². The van der Waals surface area contributed by atoms with Gasteiger partial charge in [0.05, 0.1) is 12.0 Å². The van der Waals surface area contributed by atoms with Crippen LogP contribution in [0.15, 0.2) is 24.3 Å². The van der Waals surface area contributed by atoms with Crippen molar-refractivity contribution in [3.05, 3.63) is 35.4 Å². The van der Waals surface area contributed by atoms with Crippen molar-refractivity contribution in [3.63, 3.8) is 0 Å². The molecule has 0 radical (unpaired) electrons. The maximum absolute atomic E-state index is 12.2. The first kappa shape index (κ1) is 14.0. The highest BCUT2D eigenvalue weighted by Gasteiger charge is 2.32. The van der Waals surface area contributed by atoms with E-state index in [2.05, 4.69) is 36.5 Å². The lowest BCUT2D eigenvalue weighted by Gasteiger charge is -2.31. The van der Waals surface area contributed by atoms with Crippen LogP contribution in [0.2, 0.25) is 0 Å². The Kier molecular flexibility index (Phi) is 4.93. The SMILES string of the molecule is Cc1ccc(C2OCCCC2C(=O)NCCN)cc1. The monoisotopic (exact) mass is 262 g/mol. The number of carbonyl (C=O) groups excluding carboxylic acids is 1. The molecule has 1 saturated heterocycles. The molecule has 2 rings (SSSR count). The predicted octanol–water partition coefficient (Wildman–Crippen LogP) is 1.54. The number of hydrogen-bond acceptors (Lipinski definition) is 3. The molecule has 1 aliphatic heterocycles. The highest BCUT2D eigenvalue weighted by atomic mass is 16.5. The molecular formula is C15H22N2O2. The average molecular weight is 262 g/mol. The van der Waals surface area contributed by atoms with Crippen LogP contribution in [0.5, 0.6) is 0 Å². The number of rotatable bonds is 4. The Morgan fingerprint density at radius 2 is 2.16 bits per heavy atom. The standard InChI is InChI=1S/C15H22N2O2/c1-11-4-6-12(7-5-11)14-13(3-2-10-19-14)15(18)17-9-8-16/h4-7,13-14H,2-3,8-10,16H2,1H3,(H,17,18). The van der Waals surface area contributed by atoms with Gasteiger partial charge < -0.3 is 15.8 Å². The lowest BCUT2D eigenvalue weighted by atomic mass is 9.88. The van der Waals surface area contributed by atoms with Gasteiger partial charge in [0.25, 0.3) is 0 Å². The summed E-state index contributed by atoms with van der Waals surface area (Å²) in [6.07, 6.45) is 1.67. The molecule has 0 saturated carbocycles. The van der Waals surface area contributed by atoms with Crippen LogP contribution in [0.1, 0.15) is 30.1 Å². The van der Waals surface area contributed by atoms with E-state index >= 15 is 0 Å². The summed E-state index contributed by atoms with van der Waals surface area (Å²) in [5.41, 5.74) is 7.72. The van der Waals surface area contributed by atoms with Crippen molar-refractivity contribution in [2.24, 2.45) is 11.7 Å². The van der Waals surface area contributed by atoms with Gasteiger partial charge in [-0.3, -0.25) is 4.79 Å². The van der Waals surface area contributed by atoms with Gasteiger partial charge in [-0.15, -0.1) is 0 Å². The summed E-state index contributed by atoms with van der Waals surface area (Å²) < 4.78 is 5.83. The topological polar surface area (TPSA) is 64.3 Å². The van der Waals surface area contributed by atoms with E-state index in [1.54, 1.807) is 0 Å². The number of aryl methyl sites for hydroxylation is 1. The zero-order valence-corrected chi connectivity index (χ0v) is 11.4. The van der Waals surface area contributed by atoms with Crippen molar-refractivity contribution >= 4 is 5.91 Å². The minimum Gasteiger partial charge on any atom is -0.373 e. The molecule has 1 fully saturated rings. The van der Waals surface area contributed by atoms with Gasteiger partial charge in [0.15, 0.2) is 0 Å². The number of hydrogen-bond donors (Lipinski definition) is 2. The zero-order valence-electron chi connectivity index (χ0n) is 11.4. The number of ether oxygens (including phenoxy) is 1. The van der Waals surface area contributed by atoms with Crippen molar-refractivity contribution in [2.45, 2.75) is 25.9 Å². The zero-order chi connectivity index (χ0) is 13.7. The molecule has 0 spiro atoms. The Morgan fingerprint density at radius 1 is 1.42 bits per heavy atom. The average Bonchev–Trinajstić information content (AvgIpc) is 2.45. The number of nitrogens with one attached hydrogen (secondary N) is 1. The highest BCUT2D eigenvalue weighted by molar-refractivity contribution is 5.79. The normalized spacial score (nSPS) is 23.1. The molecule has 0 aromatic heterocycles. The molecule has 1 amide bonds. The Bertz CT molecular complexity index is 417. The van der Waals surface area contributed by atoms with Gasteiger partial charge >= 0.3 is 0 Å². The summed E-state index contributed by atoms with van der Waals surface area (Å²) in [4.78, 5) is 12.2. The van der Waals surface area contributed by atoms with Gasteiger partial charge in [-0.25, -0.2) is 0 Å². The molecule has 0 aliphatic carbocycles. The smallest absolute Gasteiger partial charge is 0.226 e. The number of benzene rings is 1. The van der Waals surface area contributed by atoms with Crippen LogP contribution in [0.3, 0.4) is 0 Å². The van der Waals surface area contributed by atoms with E-state index in [0.717, 1.165) is 25.0 Å². The molecule has 4 nitrogen and oxygen atoms in total. The van der Waals surface area contributed by atoms with Crippen molar-refractivity contribution in [1.82, 2.24) is 5.32 Å². The lowest BCUT2D eigenvalue weighted by Crippen LogP contribution is -2.39. The minimum absolute atomic E-state index is 0.0516. The Hall–Kier alpha value is -1.39. The van der Waals surface area contributed by atoms with Gasteiger partial charge in [0.2, 0.25) is 5.91 Å². The van der Waals surface area contributed by atoms with Crippen molar-refractivity contribution in [2.75, 3.05) is 19.7 Å². The first-order chi connectivity index (χ1) is 9.22. The van der Waals surface area contributed by atoms with E-state index in [0.29, 0.717) is 13.1 Å². The van der Waals surface area contributed by atoms with Crippen LogP contribution in [-0.2, 0) is 9.53 Å². The van der Waals surface area contributed by atoms with Crippen molar-refractivity contribution < 1.29 is 9.53 Å². The molecule has 2 unspecified atom stereocenters. The fraction of sp³-hybridized carbons (Fsp3) is 0.533. The summed E-state index contributed by atoms with van der Waals surface area (Å²) in [5.74, 6) is -0.0567. The maximum Gasteiger partial charge on any atom is 0.226 e. The van der Waals surface area contributed by atoms with E-state index in [-0.39, 0.29) is 17.9 Å². The van der Waals surface area contributed by atoms with E-state index in [4.69, 9.17) is 10.5 Å². The second-order valence-corrected chi connectivity index (χ2v) is 5.03. The summed E-state index contributed by atoms with van der Waals surface area (Å²) in [5, 5.41) is 2.87. The van der Waals surface area contributed by atoms with Gasteiger partial charge in [0.1, 0.15) is 0 Å². The van der Waals surface area contributed by atoms with E-state index in [9.17, 15) is 4.79 Å². The summed E-state index contributed by atoms with van der Waals surface area (Å²) in [6, 6.07) is 8.22. The fourth-order valence-corrected chi connectivity index (χ4v) is 2.46. The van der Waals surface area contributed by atoms with Gasteiger partial charge in [0, 0.05) is 19.7 Å². The van der Waals surface area contributed by atoms with Crippen molar-refractivity contribution in [3.8, 4) is 0 Å². The van der Waals surface area contributed by atoms with Gasteiger partial charge in [-0.1, -0.05) is 29.8 Å². The van der Waals surface area contributed by atoms with E-state index < -0.39 is 0 Å². The quantitative estimate of drug-likeness (QED) is 0.865. The molecule has 3 N–H and O–H groups in total. The van der Waals surface area contributed by atoms with Crippen LogP contribution in [0.25, 0.3) is 0 Å². The summed E-state index contributed by atoms with van der Waals surface area (Å²) in [6.45, 7) is 3.76. The predicted molar refractivity (Wildman–Crippen MR) is 74.7 cm³/mol. The van der Waals surface area contributed by atoms with Crippen LogP contribution in [0.4, 0.5) is 0 Å². The Morgan fingerprint density at radius 3 is 2.84 bits per heavy atom. The first-order valence-electron chi connectivity index (χ1n) is 6.88. The molecule has 0 bridgehead atoms. The fourth-order valence-electron chi connectivity index (χ4n) is 2.46. The molecule has 1 aromatic carbocycles. The third kappa shape index (κ3) is 3.55. The van der Waals surface area contributed by atoms with Crippen LogP contribution in [-0.4, -0.2) is 25.6 Å². The number of carbonyl (C=O) groups is 1. The maximum atomic E-state index is 12.2. The molecule has 1 heterocycles. The second-order valence-electron chi connectivity index (χ2n) is 5.03.